The first-order valence-corrected chi connectivity index (χ1v) is 11.2. The number of anilines is 2. The van der Waals surface area contributed by atoms with Crippen molar-refractivity contribution in [3.63, 3.8) is 0 Å². The standard InChI is InChI=1S/C18H22N2O6S.C3H8N2O2/c1-23-13-10-17(25-3)14(18(11-13)26-4)7-8-27(21,22)20-12-5-6-16(24-2)15(19)9-12;4-2(1-6)3(5)7/h5-11,20H,19H2,1-4H3;2,6H,1,4H2,(H2,5,7)/t;2-/m.1/s1. The van der Waals surface area contributed by atoms with Gasteiger partial charge in [-0.15, -0.1) is 0 Å². The van der Waals surface area contributed by atoms with E-state index in [2.05, 4.69) is 10.5 Å². The van der Waals surface area contributed by atoms with Crippen LogP contribution in [0.5, 0.6) is 23.0 Å². The van der Waals surface area contributed by atoms with Gasteiger partial charge in [-0.3, -0.25) is 9.52 Å². The van der Waals surface area contributed by atoms with E-state index < -0.39 is 22.0 Å². The molecule has 0 bridgehead atoms. The summed E-state index contributed by atoms with van der Waals surface area (Å²) in [6.07, 6.45) is 1.38. The number of nitrogen functional groups attached to an aromatic ring is 1. The van der Waals surface area contributed by atoms with Crippen molar-refractivity contribution in [2.24, 2.45) is 11.5 Å². The number of primary amides is 1. The number of carbonyl (C=O) groups excluding carboxylic acids is 1. The molecule has 1 atom stereocenters. The number of rotatable bonds is 10. The largest absolute Gasteiger partial charge is 0.496 e. The monoisotopic (exact) mass is 498 g/mol. The molecule has 0 saturated carbocycles. The Labute approximate surface area is 198 Å². The molecule has 0 aromatic heterocycles. The Kier molecular flexibility index (Phi) is 10.9. The molecule has 2 rings (SSSR count). The second-order valence-electron chi connectivity index (χ2n) is 6.54. The van der Waals surface area contributed by atoms with Gasteiger partial charge in [0.25, 0.3) is 10.0 Å². The minimum Gasteiger partial charge on any atom is -0.496 e. The first-order chi connectivity index (χ1) is 16.0. The van der Waals surface area contributed by atoms with Gasteiger partial charge in [-0.25, -0.2) is 8.42 Å². The number of hydrogen-bond acceptors (Lipinski definition) is 10. The van der Waals surface area contributed by atoms with Gasteiger partial charge < -0.3 is 41.3 Å². The lowest BCUT2D eigenvalue weighted by Crippen LogP contribution is -2.39. The van der Waals surface area contributed by atoms with Crippen LogP contribution in [0.25, 0.3) is 6.08 Å². The molecule has 0 unspecified atom stereocenters. The smallest absolute Gasteiger partial charge is 0.255 e. The molecule has 34 heavy (non-hydrogen) atoms. The summed E-state index contributed by atoms with van der Waals surface area (Å²) in [5.74, 6) is 1.12. The third-order valence-corrected chi connectivity index (χ3v) is 5.23. The molecule has 13 heteroatoms. The van der Waals surface area contributed by atoms with E-state index in [1.807, 2.05) is 0 Å². The highest BCUT2D eigenvalue weighted by Crippen LogP contribution is 2.35. The van der Waals surface area contributed by atoms with Crippen molar-refractivity contribution in [1.82, 2.24) is 0 Å². The van der Waals surface area contributed by atoms with E-state index >= 15 is 0 Å². The van der Waals surface area contributed by atoms with Crippen LogP contribution in [0.2, 0.25) is 0 Å². The molecule has 12 nitrogen and oxygen atoms in total. The number of benzene rings is 2. The van der Waals surface area contributed by atoms with Gasteiger partial charge >= 0.3 is 0 Å². The fourth-order valence-corrected chi connectivity index (χ4v) is 3.28. The summed E-state index contributed by atoms with van der Waals surface area (Å²) in [6.45, 7) is -0.380. The average Bonchev–Trinajstić information content (AvgIpc) is 2.81. The number of hydrogen-bond donors (Lipinski definition) is 5. The molecule has 0 fully saturated rings. The molecule has 2 aromatic carbocycles. The molecule has 0 heterocycles. The first-order valence-electron chi connectivity index (χ1n) is 9.62. The van der Waals surface area contributed by atoms with Crippen LogP contribution in [-0.4, -0.2) is 60.5 Å². The fraction of sp³-hybridized carbons (Fsp3) is 0.286. The Morgan fingerprint density at radius 2 is 1.59 bits per heavy atom. The van der Waals surface area contributed by atoms with Crippen LogP contribution in [0, 0.1) is 0 Å². The predicted octanol–water partition coefficient (Wildman–Crippen LogP) is 0.507. The van der Waals surface area contributed by atoms with Gasteiger partial charge in [-0.2, -0.15) is 0 Å². The highest BCUT2D eigenvalue weighted by atomic mass is 32.2. The molecule has 0 saturated heterocycles. The van der Waals surface area contributed by atoms with E-state index in [4.69, 9.17) is 35.5 Å². The molecule has 0 spiro atoms. The van der Waals surface area contributed by atoms with Crippen molar-refractivity contribution in [2.75, 3.05) is 45.5 Å². The molecular formula is C21H30N4O8S. The summed E-state index contributed by atoms with van der Waals surface area (Å²) >= 11 is 0. The van der Waals surface area contributed by atoms with E-state index in [9.17, 15) is 13.2 Å². The van der Waals surface area contributed by atoms with Crippen LogP contribution in [0.15, 0.2) is 35.7 Å². The topological polar surface area (TPSA) is 198 Å². The van der Waals surface area contributed by atoms with Gasteiger partial charge in [0, 0.05) is 12.1 Å². The number of ether oxygens (including phenoxy) is 4. The Balaban J connectivity index is 0.000000718. The fourth-order valence-electron chi connectivity index (χ4n) is 2.44. The van der Waals surface area contributed by atoms with Crippen LogP contribution in [0.1, 0.15) is 5.56 Å². The third-order valence-electron chi connectivity index (χ3n) is 4.22. The Morgan fingerprint density at radius 1 is 1.03 bits per heavy atom. The lowest BCUT2D eigenvalue weighted by molar-refractivity contribution is -0.120. The molecule has 0 aliphatic rings. The van der Waals surface area contributed by atoms with Crippen LogP contribution >= 0.6 is 0 Å². The zero-order valence-corrected chi connectivity index (χ0v) is 20.1. The van der Waals surface area contributed by atoms with Gasteiger partial charge in [0.2, 0.25) is 5.91 Å². The molecule has 0 radical (unpaired) electrons. The molecule has 8 N–H and O–H groups in total. The van der Waals surface area contributed by atoms with Gasteiger partial charge in [0.15, 0.2) is 0 Å². The zero-order valence-electron chi connectivity index (χ0n) is 19.3. The number of methoxy groups -OCH3 is 4. The van der Waals surface area contributed by atoms with Crippen molar-refractivity contribution in [2.45, 2.75) is 6.04 Å². The van der Waals surface area contributed by atoms with Crippen molar-refractivity contribution >= 4 is 33.4 Å². The Bertz CT molecular complexity index is 1080. The number of sulfonamides is 1. The maximum absolute atomic E-state index is 12.4. The Morgan fingerprint density at radius 3 is 1.97 bits per heavy atom. The lowest BCUT2D eigenvalue weighted by Gasteiger charge is -2.12. The quantitative estimate of drug-likeness (QED) is 0.287. The van der Waals surface area contributed by atoms with Crippen LogP contribution < -0.4 is 40.9 Å². The van der Waals surface area contributed by atoms with Gasteiger partial charge in [-0.1, -0.05) is 0 Å². The number of aliphatic hydroxyl groups is 1. The lowest BCUT2D eigenvalue weighted by atomic mass is 10.1. The van der Waals surface area contributed by atoms with E-state index in [0.717, 1.165) is 5.41 Å². The Hall–Kier alpha value is -3.68. The number of aliphatic hydroxyl groups excluding tert-OH is 1. The number of nitrogens with two attached hydrogens (primary N) is 3. The second-order valence-corrected chi connectivity index (χ2v) is 8.11. The summed E-state index contributed by atoms with van der Waals surface area (Å²) in [4.78, 5) is 9.87. The predicted molar refractivity (Wildman–Crippen MR) is 129 cm³/mol. The minimum absolute atomic E-state index is 0.312. The molecule has 1 amide bonds. The maximum Gasteiger partial charge on any atom is 0.255 e. The van der Waals surface area contributed by atoms with Gasteiger partial charge in [0.05, 0.1) is 57.4 Å². The highest BCUT2D eigenvalue weighted by Gasteiger charge is 2.13. The van der Waals surface area contributed by atoms with E-state index in [1.54, 1.807) is 24.3 Å². The second kappa shape index (κ2) is 13.1. The number of amides is 1. The van der Waals surface area contributed by atoms with Crippen LogP contribution in [0.3, 0.4) is 0 Å². The molecule has 0 aliphatic heterocycles. The van der Waals surface area contributed by atoms with Gasteiger partial charge in [-0.05, 0) is 24.3 Å². The van der Waals surface area contributed by atoms with Crippen molar-refractivity contribution < 1.29 is 37.3 Å². The van der Waals surface area contributed by atoms with Gasteiger partial charge in [0.1, 0.15) is 29.0 Å². The van der Waals surface area contributed by atoms with E-state index in [1.165, 1.54) is 40.6 Å². The average molecular weight is 499 g/mol. The molecule has 0 aliphatic carbocycles. The summed E-state index contributed by atoms with van der Waals surface area (Å²) in [7, 11) is 2.13. The number of nitrogens with one attached hydrogen (secondary N) is 1. The minimum atomic E-state index is -3.80. The van der Waals surface area contributed by atoms with E-state index in [0.29, 0.717) is 39.9 Å². The van der Waals surface area contributed by atoms with Crippen molar-refractivity contribution in [3.8, 4) is 23.0 Å². The summed E-state index contributed by atoms with van der Waals surface area (Å²) in [5.41, 5.74) is 16.4. The summed E-state index contributed by atoms with van der Waals surface area (Å²) < 4.78 is 48.0. The zero-order chi connectivity index (χ0) is 25.9. The normalized spacial score (nSPS) is 11.7. The van der Waals surface area contributed by atoms with Crippen molar-refractivity contribution in [1.29, 1.82) is 0 Å². The SMILES string of the molecule is COc1cc(OC)c(C=CS(=O)(=O)Nc2ccc(OC)c(N)c2)c(OC)c1.NC(=O)[C@H](N)CO. The maximum atomic E-state index is 12.4. The molecular weight excluding hydrogens is 468 g/mol. The molecule has 2 aromatic rings. The molecule has 188 valence electrons. The van der Waals surface area contributed by atoms with Crippen molar-refractivity contribution in [3.05, 3.63) is 41.3 Å². The first kappa shape index (κ1) is 28.4. The number of carbonyl (C=O) groups is 1. The van der Waals surface area contributed by atoms with Crippen LogP contribution in [-0.2, 0) is 14.8 Å². The summed E-state index contributed by atoms with van der Waals surface area (Å²) in [6, 6.07) is 6.96. The highest BCUT2D eigenvalue weighted by molar-refractivity contribution is 7.95. The van der Waals surface area contributed by atoms with Crippen LogP contribution in [0.4, 0.5) is 11.4 Å². The summed E-state index contributed by atoms with van der Waals surface area (Å²) in [5, 5.41) is 9.09. The van der Waals surface area contributed by atoms with E-state index in [-0.39, 0.29) is 6.61 Å². The third kappa shape index (κ3) is 8.35.